The fourth-order valence-corrected chi connectivity index (χ4v) is 6.24. The van der Waals surface area contributed by atoms with Crippen molar-refractivity contribution < 1.29 is 0 Å². The van der Waals surface area contributed by atoms with Crippen LogP contribution >= 0.6 is 27.7 Å². The lowest BCUT2D eigenvalue weighted by Gasteiger charge is -2.13. The molecule has 6 aromatic rings. The molecule has 2 aromatic heterocycles. The highest BCUT2D eigenvalue weighted by Gasteiger charge is 2.20. The van der Waals surface area contributed by atoms with Crippen molar-refractivity contribution in [3.8, 4) is 16.8 Å². The van der Waals surface area contributed by atoms with Gasteiger partial charge in [0.05, 0.1) is 17.2 Å². The topological polar surface area (TPSA) is 30.7 Å². The molecule has 7 rings (SSSR count). The minimum atomic E-state index is 0.920. The van der Waals surface area contributed by atoms with Crippen LogP contribution < -0.4 is 0 Å². The molecule has 0 spiro atoms. The zero-order chi connectivity index (χ0) is 21.9. The van der Waals surface area contributed by atoms with Gasteiger partial charge in [0.1, 0.15) is 11.0 Å². The van der Waals surface area contributed by atoms with E-state index in [1.165, 1.54) is 50.3 Å². The number of hydrogen-bond donors (Lipinski definition) is 0. The molecule has 0 aliphatic heterocycles. The van der Waals surface area contributed by atoms with Crippen molar-refractivity contribution in [3.63, 3.8) is 0 Å². The maximum Gasteiger partial charge on any atom is 0.119 e. The lowest BCUT2D eigenvalue weighted by atomic mass is 9.97. The van der Waals surface area contributed by atoms with E-state index in [-0.39, 0.29) is 0 Å². The third-order valence-corrected chi connectivity index (χ3v) is 7.81. The maximum atomic E-state index is 4.54. The Kier molecular flexibility index (Phi) is 4.29. The second kappa shape index (κ2) is 7.37. The van der Waals surface area contributed by atoms with Crippen molar-refractivity contribution in [2.24, 2.45) is 0 Å². The first-order chi connectivity index (χ1) is 16.3. The van der Waals surface area contributed by atoms with Gasteiger partial charge in [-0.15, -0.1) is 0 Å². The van der Waals surface area contributed by atoms with Crippen molar-refractivity contribution in [1.82, 2.24) is 13.3 Å². The van der Waals surface area contributed by atoms with E-state index < -0.39 is 0 Å². The number of aryl methyl sites for hydroxylation is 1. The van der Waals surface area contributed by atoms with Gasteiger partial charge in [0, 0.05) is 26.8 Å². The first kappa shape index (κ1) is 19.2. The van der Waals surface area contributed by atoms with Crippen molar-refractivity contribution >= 4 is 66.4 Å². The Morgan fingerprint density at radius 1 is 0.848 bits per heavy atom. The second-order valence-electron chi connectivity index (χ2n) is 8.42. The summed E-state index contributed by atoms with van der Waals surface area (Å²) >= 11 is 4.84. The van der Waals surface area contributed by atoms with Crippen LogP contribution in [0.15, 0.2) is 83.3 Å². The van der Waals surface area contributed by atoms with Crippen LogP contribution in [0.25, 0.3) is 55.6 Å². The van der Waals surface area contributed by atoms with Crippen LogP contribution in [0, 0.1) is 0 Å². The molecule has 0 N–H and O–H groups in total. The maximum absolute atomic E-state index is 4.54. The van der Waals surface area contributed by atoms with Crippen LogP contribution in [-0.2, 0) is 6.42 Å². The molecule has 0 unspecified atom stereocenters. The SMILES string of the molecule is Brc1ccc(-c2ccc(-n3c4c(c5c6ccccc6ccc53)CCC=C4)cc2)c2nsnc12. The predicted octanol–water partition coefficient (Wildman–Crippen LogP) is 8.18. The van der Waals surface area contributed by atoms with Crippen LogP contribution in [-0.4, -0.2) is 13.3 Å². The molecule has 0 bridgehead atoms. The van der Waals surface area contributed by atoms with Gasteiger partial charge >= 0.3 is 0 Å². The van der Waals surface area contributed by atoms with E-state index in [1.807, 2.05) is 0 Å². The van der Waals surface area contributed by atoms with Gasteiger partial charge in [0.25, 0.3) is 0 Å². The second-order valence-corrected chi connectivity index (χ2v) is 9.81. The van der Waals surface area contributed by atoms with Gasteiger partial charge in [-0.1, -0.05) is 54.6 Å². The van der Waals surface area contributed by atoms with Gasteiger partial charge in [-0.25, -0.2) is 0 Å². The molecule has 1 aliphatic rings. The molecule has 2 heterocycles. The van der Waals surface area contributed by atoms with E-state index in [9.17, 15) is 0 Å². The smallest absolute Gasteiger partial charge is 0.119 e. The highest BCUT2D eigenvalue weighted by Crippen LogP contribution is 2.39. The number of allylic oxidation sites excluding steroid dienone is 1. The minimum absolute atomic E-state index is 0.920. The molecule has 0 radical (unpaired) electrons. The van der Waals surface area contributed by atoms with E-state index >= 15 is 0 Å². The normalized spacial score (nSPS) is 13.2. The molecule has 158 valence electrons. The summed E-state index contributed by atoms with van der Waals surface area (Å²) in [5.74, 6) is 0. The van der Waals surface area contributed by atoms with Crippen LogP contribution in [0.1, 0.15) is 17.7 Å². The van der Waals surface area contributed by atoms with E-state index in [0.29, 0.717) is 0 Å². The molecular weight excluding hydrogens is 490 g/mol. The number of hydrogen-bond acceptors (Lipinski definition) is 3. The molecule has 0 saturated heterocycles. The van der Waals surface area contributed by atoms with Gasteiger partial charge in [0.2, 0.25) is 0 Å². The average Bonchev–Trinajstić information content (AvgIpc) is 3.49. The quantitative estimate of drug-likeness (QED) is 0.236. The van der Waals surface area contributed by atoms with Gasteiger partial charge in [-0.2, -0.15) is 8.75 Å². The van der Waals surface area contributed by atoms with Crippen molar-refractivity contribution in [2.45, 2.75) is 12.8 Å². The Labute approximate surface area is 203 Å². The fourth-order valence-electron chi connectivity index (χ4n) is 5.14. The Balaban J connectivity index is 1.44. The number of nitrogens with zero attached hydrogens (tertiary/aromatic N) is 3. The summed E-state index contributed by atoms with van der Waals surface area (Å²) in [6.45, 7) is 0. The fraction of sp³-hybridized carbons (Fsp3) is 0.0714. The Morgan fingerprint density at radius 2 is 1.70 bits per heavy atom. The lowest BCUT2D eigenvalue weighted by molar-refractivity contribution is 0.968. The van der Waals surface area contributed by atoms with Gasteiger partial charge < -0.3 is 4.57 Å². The summed E-state index contributed by atoms with van der Waals surface area (Å²) in [6.07, 6.45) is 6.76. The number of fused-ring (bicyclic) bond motifs is 6. The number of halogens is 1. The average molecular weight is 508 g/mol. The summed E-state index contributed by atoms with van der Waals surface area (Å²) in [5, 5.41) is 4.02. The summed E-state index contributed by atoms with van der Waals surface area (Å²) < 4.78 is 12.4. The van der Waals surface area contributed by atoms with E-state index in [2.05, 4.69) is 114 Å². The summed E-state index contributed by atoms with van der Waals surface area (Å²) in [6, 6.07) is 26.2. The third kappa shape index (κ3) is 2.86. The summed E-state index contributed by atoms with van der Waals surface area (Å²) in [5.41, 5.74) is 9.33. The van der Waals surface area contributed by atoms with Crippen LogP contribution in [0.4, 0.5) is 0 Å². The molecule has 0 fully saturated rings. The van der Waals surface area contributed by atoms with E-state index in [4.69, 9.17) is 0 Å². The zero-order valence-electron chi connectivity index (χ0n) is 17.6. The molecule has 33 heavy (non-hydrogen) atoms. The van der Waals surface area contributed by atoms with Crippen LogP contribution in [0.3, 0.4) is 0 Å². The van der Waals surface area contributed by atoms with Gasteiger partial charge in [-0.3, -0.25) is 0 Å². The molecule has 3 nitrogen and oxygen atoms in total. The molecule has 1 aliphatic carbocycles. The standard InChI is InChI=1S/C28H18BrN3S/c29-23-15-14-21(27-28(23)31-33-30-27)18-9-12-19(13-10-18)32-24-8-4-3-7-22(24)26-20-6-2-1-5-17(20)11-16-25(26)32/h1-2,4-6,8-16H,3,7H2. The Hall–Kier alpha value is -3.28. The van der Waals surface area contributed by atoms with Crippen LogP contribution in [0.5, 0.6) is 0 Å². The summed E-state index contributed by atoms with van der Waals surface area (Å²) in [7, 11) is 0. The molecule has 0 atom stereocenters. The first-order valence-corrected chi connectivity index (χ1v) is 12.5. The minimum Gasteiger partial charge on any atom is -0.310 e. The van der Waals surface area contributed by atoms with E-state index in [0.717, 1.165) is 39.5 Å². The highest BCUT2D eigenvalue weighted by molar-refractivity contribution is 9.10. The Morgan fingerprint density at radius 3 is 2.61 bits per heavy atom. The first-order valence-electron chi connectivity index (χ1n) is 11.0. The van der Waals surface area contributed by atoms with Crippen LogP contribution in [0.2, 0.25) is 0 Å². The van der Waals surface area contributed by atoms with Crippen molar-refractivity contribution in [2.75, 3.05) is 0 Å². The molecule has 0 saturated carbocycles. The summed E-state index contributed by atoms with van der Waals surface area (Å²) in [4.78, 5) is 0. The van der Waals surface area contributed by atoms with Gasteiger partial charge in [0.15, 0.2) is 0 Å². The monoisotopic (exact) mass is 507 g/mol. The predicted molar refractivity (Wildman–Crippen MR) is 142 cm³/mol. The van der Waals surface area contributed by atoms with Crippen molar-refractivity contribution in [1.29, 1.82) is 0 Å². The molecular formula is C28H18BrN3S. The van der Waals surface area contributed by atoms with Crippen molar-refractivity contribution in [3.05, 3.63) is 94.6 Å². The number of benzene rings is 4. The number of rotatable bonds is 2. The number of aromatic nitrogens is 3. The third-order valence-electron chi connectivity index (χ3n) is 6.64. The molecule has 4 aromatic carbocycles. The molecule has 5 heteroatoms. The zero-order valence-corrected chi connectivity index (χ0v) is 20.0. The Bertz CT molecular complexity index is 1720. The largest absolute Gasteiger partial charge is 0.310 e. The van der Waals surface area contributed by atoms with E-state index in [1.54, 1.807) is 0 Å². The molecule has 0 amide bonds. The highest BCUT2D eigenvalue weighted by atomic mass is 79.9. The lowest BCUT2D eigenvalue weighted by Crippen LogP contribution is -2.00. The van der Waals surface area contributed by atoms with Gasteiger partial charge in [-0.05, 0) is 81.0 Å².